The lowest BCUT2D eigenvalue weighted by atomic mass is 10.1. The Morgan fingerprint density at radius 2 is 1.86 bits per heavy atom. The van der Waals surface area contributed by atoms with Crippen molar-refractivity contribution >= 4 is 22.5 Å². The first-order valence-electron chi connectivity index (χ1n) is 10.9. The quantitative estimate of drug-likeness (QED) is 0.170. The molecule has 0 aliphatic carbocycles. The summed E-state index contributed by atoms with van der Waals surface area (Å²) in [5.74, 6) is 1.36. The van der Waals surface area contributed by atoms with Gasteiger partial charge >= 0.3 is 5.82 Å². The largest absolute Gasteiger partial charge is 0.493 e. The Labute approximate surface area is 199 Å². The maximum absolute atomic E-state index is 11.1. The van der Waals surface area contributed by atoms with E-state index in [1.54, 1.807) is 19.2 Å². The van der Waals surface area contributed by atoms with Crippen LogP contribution in [0.4, 0.5) is 5.82 Å². The molecule has 2 aromatic carbocycles. The zero-order chi connectivity index (χ0) is 24.2. The van der Waals surface area contributed by atoms with Gasteiger partial charge < -0.3 is 28.9 Å². The topological polar surface area (TPSA) is 119 Å². The highest BCUT2D eigenvalue weighted by atomic mass is 16.6. The van der Waals surface area contributed by atoms with Gasteiger partial charge in [-0.05, 0) is 28.2 Å². The van der Waals surface area contributed by atoms with Gasteiger partial charge in [0.15, 0.2) is 11.5 Å². The van der Waals surface area contributed by atoms with Crippen LogP contribution in [0.25, 0.3) is 16.7 Å². The Kier molecular flexibility index (Phi) is 6.12. The molecule has 5 rings (SSSR count). The number of hydrogen-bond donors (Lipinski definition) is 0. The van der Waals surface area contributed by atoms with E-state index in [0.29, 0.717) is 43.3 Å². The van der Waals surface area contributed by atoms with E-state index in [-0.39, 0.29) is 11.7 Å². The highest BCUT2D eigenvalue weighted by molar-refractivity contribution is 5.75. The third-order valence-electron chi connectivity index (χ3n) is 5.44. The molecule has 0 amide bonds. The van der Waals surface area contributed by atoms with E-state index in [1.807, 2.05) is 48.8 Å². The monoisotopic (exact) mass is 474 g/mol. The molecule has 0 atom stereocenters. The maximum Gasteiger partial charge on any atom is 0.368 e. The fourth-order valence-electron chi connectivity index (χ4n) is 3.81. The normalized spacial score (nSPS) is 11.1. The van der Waals surface area contributed by atoms with Crippen LogP contribution in [-0.4, -0.2) is 49.4 Å². The molecular formula is C24H22N6O5. The minimum atomic E-state index is -0.540. The Hall–Kier alpha value is -4.67. The second kappa shape index (κ2) is 9.67. The molecule has 0 aliphatic heterocycles. The van der Waals surface area contributed by atoms with Crippen molar-refractivity contribution in [1.82, 2.24) is 24.1 Å². The van der Waals surface area contributed by atoms with Crippen LogP contribution in [0.3, 0.4) is 0 Å². The lowest BCUT2D eigenvalue weighted by molar-refractivity contribution is -0.391. The van der Waals surface area contributed by atoms with Crippen LogP contribution < -0.4 is 14.2 Å². The van der Waals surface area contributed by atoms with E-state index >= 15 is 0 Å². The molecule has 11 heteroatoms. The summed E-state index contributed by atoms with van der Waals surface area (Å²) in [5.41, 5.74) is 3.34. The molecule has 35 heavy (non-hydrogen) atoms. The number of benzene rings is 2. The molecule has 3 aromatic heterocycles. The summed E-state index contributed by atoms with van der Waals surface area (Å²) in [6.45, 7) is 1.31. The van der Waals surface area contributed by atoms with Crippen molar-refractivity contribution in [3.63, 3.8) is 0 Å². The fourth-order valence-corrected chi connectivity index (χ4v) is 3.81. The number of hydrogen-bond acceptors (Lipinski definition) is 8. The third kappa shape index (κ3) is 4.56. The van der Waals surface area contributed by atoms with E-state index in [4.69, 9.17) is 14.2 Å². The predicted molar refractivity (Wildman–Crippen MR) is 127 cm³/mol. The second-order valence-corrected chi connectivity index (χ2v) is 7.68. The summed E-state index contributed by atoms with van der Waals surface area (Å²) in [7, 11) is 1.62. The average molecular weight is 474 g/mol. The molecule has 178 valence electrons. The molecule has 0 unspecified atom stereocenters. The van der Waals surface area contributed by atoms with Crippen molar-refractivity contribution in [2.24, 2.45) is 0 Å². The van der Waals surface area contributed by atoms with Gasteiger partial charge in [-0.15, -0.1) is 0 Å². The summed E-state index contributed by atoms with van der Waals surface area (Å²) < 4.78 is 20.5. The minimum absolute atomic E-state index is 0.218. The fraction of sp³-hybridized carbons (Fsp3) is 0.208. The minimum Gasteiger partial charge on any atom is -0.493 e. The number of nitro groups is 1. The van der Waals surface area contributed by atoms with Crippen LogP contribution >= 0.6 is 0 Å². The third-order valence-corrected chi connectivity index (χ3v) is 5.44. The van der Waals surface area contributed by atoms with Gasteiger partial charge in [0.05, 0.1) is 44.2 Å². The molecule has 0 saturated heterocycles. The van der Waals surface area contributed by atoms with Gasteiger partial charge in [-0.2, -0.15) is 0 Å². The number of methoxy groups -OCH3 is 1. The Balaban J connectivity index is 1.20. The lowest BCUT2D eigenvalue weighted by Crippen LogP contribution is -2.08. The molecule has 0 bridgehead atoms. The van der Waals surface area contributed by atoms with Crippen LogP contribution in [0, 0.1) is 10.1 Å². The van der Waals surface area contributed by atoms with Crippen molar-refractivity contribution in [2.45, 2.75) is 13.0 Å². The Morgan fingerprint density at radius 1 is 1.00 bits per heavy atom. The van der Waals surface area contributed by atoms with Gasteiger partial charge in [-0.1, -0.05) is 28.8 Å². The molecule has 11 nitrogen and oxygen atoms in total. The number of nitrogens with zero attached hydrogens (tertiary/aromatic N) is 6. The molecule has 0 fully saturated rings. The standard InChI is InChI=1S/C24H22N6O5/c1-33-24-17(15-28-16-26-18-7-2-3-8-19(18)28)6-4-9-20(24)34-12-5-13-35-22-11-10-21-25-14-23(30(31)32)29(21)27-22/h2-4,6-11,14,16H,5,12-13,15H2,1H3. The lowest BCUT2D eigenvalue weighted by Gasteiger charge is -2.15. The van der Waals surface area contributed by atoms with Gasteiger partial charge in [0.25, 0.3) is 5.88 Å². The zero-order valence-electron chi connectivity index (χ0n) is 18.9. The number of para-hydroxylation sites is 3. The molecule has 0 N–H and O–H groups in total. The van der Waals surface area contributed by atoms with E-state index in [1.165, 1.54) is 0 Å². The molecule has 0 radical (unpaired) electrons. The summed E-state index contributed by atoms with van der Waals surface area (Å²) in [6.07, 6.45) is 3.56. The Bertz CT molecular complexity index is 1490. The molecule has 0 saturated carbocycles. The van der Waals surface area contributed by atoms with Gasteiger partial charge in [0, 0.05) is 24.1 Å². The molecular weight excluding hydrogens is 452 g/mol. The first-order valence-corrected chi connectivity index (χ1v) is 10.9. The van der Waals surface area contributed by atoms with Crippen LogP contribution in [0.1, 0.15) is 12.0 Å². The molecule has 5 aromatic rings. The van der Waals surface area contributed by atoms with Gasteiger partial charge in [0.2, 0.25) is 5.65 Å². The van der Waals surface area contributed by atoms with Crippen LogP contribution in [0.2, 0.25) is 0 Å². The average Bonchev–Trinajstić information content (AvgIpc) is 3.48. The second-order valence-electron chi connectivity index (χ2n) is 7.68. The SMILES string of the molecule is COc1c(Cn2cnc3ccccc32)cccc1OCCCOc1ccc2ncc([N+](=O)[O-])n2n1. The molecule has 0 spiro atoms. The number of fused-ring (bicyclic) bond motifs is 2. The smallest absolute Gasteiger partial charge is 0.368 e. The van der Waals surface area contributed by atoms with E-state index in [2.05, 4.69) is 19.6 Å². The molecule has 0 aliphatic rings. The van der Waals surface area contributed by atoms with Crippen molar-refractivity contribution in [1.29, 1.82) is 0 Å². The number of rotatable bonds is 10. The highest BCUT2D eigenvalue weighted by Crippen LogP contribution is 2.32. The van der Waals surface area contributed by atoms with Crippen molar-refractivity contribution < 1.29 is 19.1 Å². The number of aromatic nitrogens is 5. The molecule has 3 heterocycles. The van der Waals surface area contributed by atoms with Crippen molar-refractivity contribution in [3.05, 3.63) is 82.8 Å². The number of ether oxygens (including phenoxy) is 3. The summed E-state index contributed by atoms with van der Waals surface area (Å²) >= 11 is 0. The van der Waals surface area contributed by atoms with Crippen LogP contribution in [0.15, 0.2) is 67.1 Å². The van der Waals surface area contributed by atoms with E-state index < -0.39 is 4.92 Å². The summed E-state index contributed by atoms with van der Waals surface area (Å²) in [4.78, 5) is 18.9. The maximum atomic E-state index is 11.1. The first kappa shape index (κ1) is 22.1. The van der Waals surface area contributed by atoms with E-state index in [0.717, 1.165) is 27.3 Å². The van der Waals surface area contributed by atoms with Gasteiger partial charge in [-0.25, -0.2) is 9.97 Å². The predicted octanol–water partition coefficient (Wildman–Crippen LogP) is 3.89. The van der Waals surface area contributed by atoms with Gasteiger partial charge in [0.1, 0.15) is 6.20 Å². The van der Waals surface area contributed by atoms with Crippen molar-refractivity contribution in [3.8, 4) is 17.4 Å². The van der Waals surface area contributed by atoms with Crippen LogP contribution in [0.5, 0.6) is 17.4 Å². The zero-order valence-corrected chi connectivity index (χ0v) is 18.9. The first-order chi connectivity index (χ1) is 17.1. The summed E-state index contributed by atoms with van der Waals surface area (Å²) in [6, 6.07) is 17.0. The van der Waals surface area contributed by atoms with Crippen LogP contribution in [-0.2, 0) is 6.54 Å². The van der Waals surface area contributed by atoms with E-state index in [9.17, 15) is 10.1 Å². The Morgan fingerprint density at radius 3 is 2.71 bits per heavy atom. The number of imidazole rings is 2. The highest BCUT2D eigenvalue weighted by Gasteiger charge is 2.16. The van der Waals surface area contributed by atoms with Gasteiger partial charge in [-0.3, -0.25) is 0 Å². The summed E-state index contributed by atoms with van der Waals surface area (Å²) in [5, 5.41) is 15.2. The van der Waals surface area contributed by atoms with Crippen molar-refractivity contribution in [2.75, 3.05) is 20.3 Å².